The molecule has 1 saturated carbocycles. The van der Waals surface area contributed by atoms with E-state index in [-0.39, 0.29) is 5.91 Å². The third-order valence-corrected chi connectivity index (χ3v) is 8.01. The number of hydrogen-bond donors (Lipinski definition) is 0. The molecule has 3 fully saturated rings. The highest BCUT2D eigenvalue weighted by molar-refractivity contribution is 7.89. The smallest absolute Gasteiger partial charge is 0.243 e. The molecule has 0 spiro atoms. The zero-order valence-electron chi connectivity index (χ0n) is 17.0. The summed E-state index contributed by atoms with van der Waals surface area (Å²) in [6, 6.07) is 6.96. The highest BCUT2D eigenvalue weighted by Crippen LogP contribution is 2.30. The van der Waals surface area contributed by atoms with Gasteiger partial charge in [-0.1, -0.05) is 12.1 Å². The predicted molar refractivity (Wildman–Crippen MR) is 110 cm³/mol. The lowest BCUT2D eigenvalue weighted by atomic mass is 10.1. The maximum Gasteiger partial charge on any atom is 0.243 e. The van der Waals surface area contributed by atoms with Crippen molar-refractivity contribution in [2.45, 2.75) is 30.6 Å². The summed E-state index contributed by atoms with van der Waals surface area (Å²) in [6.45, 7) is 6.47. The first-order valence-corrected chi connectivity index (χ1v) is 12.1. The van der Waals surface area contributed by atoms with E-state index in [1.165, 1.54) is 23.7 Å². The molecule has 160 valence electrons. The number of ether oxygens (including phenoxy) is 1. The molecule has 0 aromatic heterocycles. The molecule has 2 aliphatic heterocycles. The molecule has 0 bridgehead atoms. The molecule has 0 N–H and O–H groups in total. The average Bonchev–Trinajstić information content (AvgIpc) is 3.57. The molecule has 7 nitrogen and oxygen atoms in total. The van der Waals surface area contributed by atoms with Gasteiger partial charge < -0.3 is 9.64 Å². The average molecular weight is 422 g/mol. The minimum absolute atomic E-state index is 0.195. The number of nitrogens with zero attached hydrogens (tertiary/aromatic N) is 3. The molecule has 1 amide bonds. The molecule has 1 aromatic carbocycles. The number of benzene rings is 1. The fraction of sp³-hybridized carbons (Fsp3) is 0.667. The Kier molecular flexibility index (Phi) is 6.53. The van der Waals surface area contributed by atoms with Crippen LogP contribution in [-0.4, -0.2) is 87.5 Å². The van der Waals surface area contributed by atoms with Gasteiger partial charge in [0.2, 0.25) is 15.9 Å². The Morgan fingerprint density at radius 3 is 2.24 bits per heavy atom. The number of sulfonamides is 1. The van der Waals surface area contributed by atoms with Gasteiger partial charge in [-0.05, 0) is 42.9 Å². The van der Waals surface area contributed by atoms with Crippen LogP contribution < -0.4 is 0 Å². The maximum atomic E-state index is 12.7. The predicted octanol–water partition coefficient (Wildman–Crippen LogP) is 1.19. The molecule has 1 aromatic rings. The highest BCUT2D eigenvalue weighted by Gasteiger charge is 2.28. The molecule has 3 aliphatic rings. The van der Waals surface area contributed by atoms with E-state index in [4.69, 9.17) is 4.74 Å². The Balaban J connectivity index is 1.25. The number of carbonyl (C=O) groups is 1. The number of piperazine rings is 1. The van der Waals surface area contributed by atoms with Gasteiger partial charge in [-0.15, -0.1) is 0 Å². The van der Waals surface area contributed by atoms with Crippen molar-refractivity contribution in [3.63, 3.8) is 0 Å². The summed E-state index contributed by atoms with van der Waals surface area (Å²) >= 11 is 0. The van der Waals surface area contributed by atoms with Crippen LogP contribution >= 0.6 is 0 Å². The largest absolute Gasteiger partial charge is 0.379 e. The van der Waals surface area contributed by atoms with Crippen molar-refractivity contribution < 1.29 is 17.9 Å². The van der Waals surface area contributed by atoms with Crippen LogP contribution in [0.2, 0.25) is 0 Å². The zero-order chi connectivity index (χ0) is 20.3. The van der Waals surface area contributed by atoms with Crippen LogP contribution in [0.1, 0.15) is 24.8 Å². The molecule has 1 aliphatic carbocycles. The molecule has 2 saturated heterocycles. The van der Waals surface area contributed by atoms with Crippen LogP contribution in [0.25, 0.3) is 0 Å². The molecule has 8 heteroatoms. The molecule has 0 unspecified atom stereocenters. The van der Waals surface area contributed by atoms with Gasteiger partial charge in [0.25, 0.3) is 0 Å². The highest BCUT2D eigenvalue weighted by atomic mass is 32.2. The Labute approximate surface area is 173 Å². The fourth-order valence-corrected chi connectivity index (χ4v) is 5.43. The molecule has 0 atom stereocenters. The quantitative estimate of drug-likeness (QED) is 0.662. The van der Waals surface area contributed by atoms with Gasteiger partial charge in [0.15, 0.2) is 0 Å². The third kappa shape index (κ3) is 5.36. The number of morpholine rings is 1. The first-order valence-electron chi connectivity index (χ1n) is 10.7. The Hall–Kier alpha value is -1.48. The van der Waals surface area contributed by atoms with Gasteiger partial charge >= 0.3 is 0 Å². The second kappa shape index (κ2) is 9.12. The van der Waals surface area contributed by atoms with Crippen LogP contribution in [0.3, 0.4) is 0 Å². The molecule has 29 heavy (non-hydrogen) atoms. The van der Waals surface area contributed by atoms with E-state index in [2.05, 4.69) is 4.90 Å². The van der Waals surface area contributed by atoms with Gasteiger partial charge in [-0.2, -0.15) is 4.31 Å². The van der Waals surface area contributed by atoms with Crippen LogP contribution in [0.5, 0.6) is 0 Å². The Morgan fingerprint density at radius 1 is 0.966 bits per heavy atom. The van der Waals surface area contributed by atoms with Gasteiger partial charge in [-0.3, -0.25) is 9.69 Å². The normalized spacial score (nSPS) is 22.0. The summed E-state index contributed by atoms with van der Waals surface area (Å²) in [5, 5.41) is 0. The third-order valence-electron chi connectivity index (χ3n) is 6.10. The van der Waals surface area contributed by atoms with Gasteiger partial charge in [-0.25, -0.2) is 8.42 Å². The number of rotatable bonds is 7. The minimum Gasteiger partial charge on any atom is -0.379 e. The van der Waals surface area contributed by atoms with Gasteiger partial charge in [0, 0.05) is 52.2 Å². The summed E-state index contributed by atoms with van der Waals surface area (Å²) in [4.78, 5) is 17.3. The summed E-state index contributed by atoms with van der Waals surface area (Å²) in [6.07, 6.45) is 3.84. The van der Waals surface area contributed by atoms with E-state index in [1.54, 1.807) is 12.1 Å². The summed E-state index contributed by atoms with van der Waals surface area (Å²) in [5.74, 6) is 1.09. The van der Waals surface area contributed by atoms with Crippen molar-refractivity contribution in [1.29, 1.82) is 0 Å². The van der Waals surface area contributed by atoms with E-state index in [1.807, 2.05) is 17.0 Å². The molecular weight excluding hydrogens is 390 g/mol. The zero-order valence-corrected chi connectivity index (χ0v) is 17.8. The van der Waals surface area contributed by atoms with Crippen LogP contribution in [0.15, 0.2) is 29.2 Å². The molecule has 0 radical (unpaired) electrons. The van der Waals surface area contributed by atoms with Crippen LogP contribution in [0, 0.1) is 5.92 Å². The first-order chi connectivity index (χ1) is 14.0. The first kappa shape index (κ1) is 20.8. The van der Waals surface area contributed by atoms with E-state index in [0.29, 0.717) is 44.0 Å². The number of amides is 1. The number of hydrogen-bond acceptors (Lipinski definition) is 5. The van der Waals surface area contributed by atoms with Crippen molar-refractivity contribution in [2.75, 3.05) is 59.0 Å². The van der Waals surface area contributed by atoms with Crippen LogP contribution in [0.4, 0.5) is 0 Å². The Morgan fingerprint density at radius 2 is 1.62 bits per heavy atom. The minimum atomic E-state index is -3.46. The van der Waals surface area contributed by atoms with E-state index >= 15 is 0 Å². The lowest BCUT2D eigenvalue weighted by Crippen LogP contribution is -2.49. The second-order valence-corrected chi connectivity index (χ2v) is 10.2. The monoisotopic (exact) mass is 421 g/mol. The fourth-order valence-electron chi connectivity index (χ4n) is 4.02. The van der Waals surface area contributed by atoms with Gasteiger partial charge in [0.05, 0.1) is 18.1 Å². The van der Waals surface area contributed by atoms with Crippen molar-refractivity contribution in [3.05, 3.63) is 29.8 Å². The SMILES string of the molecule is O=C(CCc1ccc(S(=O)(=O)N2CCOCC2)cc1)N1CCN(CC2CC2)CC1. The van der Waals surface area contributed by atoms with Crippen LogP contribution in [-0.2, 0) is 26.0 Å². The van der Waals surface area contributed by atoms with Crippen molar-refractivity contribution in [1.82, 2.24) is 14.1 Å². The second-order valence-electron chi connectivity index (χ2n) is 8.29. The summed E-state index contributed by atoms with van der Waals surface area (Å²) < 4.78 is 32.1. The van der Waals surface area contributed by atoms with E-state index < -0.39 is 10.0 Å². The molecule has 2 heterocycles. The summed E-state index contributed by atoms with van der Waals surface area (Å²) in [5.41, 5.74) is 0.992. The maximum absolute atomic E-state index is 12.7. The number of aryl methyl sites for hydroxylation is 1. The standard InChI is InChI=1S/C21H31N3O4S/c25-21(23-11-9-22(10-12-23)17-19-1-2-19)8-5-18-3-6-20(7-4-18)29(26,27)24-13-15-28-16-14-24/h3-4,6-7,19H,1-2,5,8-17H2. The van der Waals surface area contributed by atoms with E-state index in [9.17, 15) is 13.2 Å². The van der Waals surface area contributed by atoms with Crippen molar-refractivity contribution >= 4 is 15.9 Å². The van der Waals surface area contributed by atoms with E-state index in [0.717, 1.165) is 37.7 Å². The lowest BCUT2D eigenvalue weighted by molar-refractivity contribution is -0.132. The van der Waals surface area contributed by atoms with Crippen molar-refractivity contribution in [2.24, 2.45) is 5.92 Å². The molecular formula is C21H31N3O4S. The lowest BCUT2D eigenvalue weighted by Gasteiger charge is -2.34. The number of carbonyl (C=O) groups excluding carboxylic acids is 1. The summed E-state index contributed by atoms with van der Waals surface area (Å²) in [7, 11) is -3.46. The van der Waals surface area contributed by atoms with Gasteiger partial charge in [0.1, 0.15) is 0 Å². The topological polar surface area (TPSA) is 70.2 Å². The Bertz CT molecular complexity index is 794. The van der Waals surface area contributed by atoms with Crippen molar-refractivity contribution in [3.8, 4) is 0 Å². The molecule has 4 rings (SSSR count).